The maximum atomic E-state index is 9.91. The third-order valence-corrected chi connectivity index (χ3v) is 3.71. The Labute approximate surface area is 110 Å². The van der Waals surface area contributed by atoms with E-state index in [4.69, 9.17) is 12.2 Å². The van der Waals surface area contributed by atoms with E-state index in [1.807, 2.05) is 7.05 Å². The summed E-state index contributed by atoms with van der Waals surface area (Å²) in [6, 6.07) is 0. The molecule has 1 aliphatic carbocycles. The first kappa shape index (κ1) is 14.5. The van der Waals surface area contributed by atoms with Crippen molar-refractivity contribution in [3.63, 3.8) is 0 Å². The van der Waals surface area contributed by atoms with Crippen molar-refractivity contribution in [3.8, 4) is 0 Å². The van der Waals surface area contributed by atoms with Crippen molar-refractivity contribution in [3.05, 3.63) is 11.4 Å². The molecule has 0 fully saturated rings. The summed E-state index contributed by atoms with van der Waals surface area (Å²) in [5.74, 6) is 0.684. The van der Waals surface area contributed by atoms with Crippen molar-refractivity contribution in [2.45, 2.75) is 33.3 Å². The van der Waals surface area contributed by atoms with E-state index in [2.05, 4.69) is 37.6 Å². The van der Waals surface area contributed by atoms with E-state index in [9.17, 15) is 5.11 Å². The van der Waals surface area contributed by atoms with E-state index in [0.717, 1.165) is 30.9 Å². The average Bonchev–Trinajstić information content (AvgIpc) is 2.30. The standard InChI is InChI=1S/C13H24N2OS/c1-6-14(4)10-11(13(17)12(10)16)15(5)8-7-9(2)3/h9,12,16H,6-8H2,1-5H3. The zero-order chi connectivity index (χ0) is 13.2. The summed E-state index contributed by atoms with van der Waals surface area (Å²) in [7, 11) is 4.05. The average molecular weight is 256 g/mol. The molecule has 0 saturated carbocycles. The second-order valence-electron chi connectivity index (χ2n) is 5.12. The zero-order valence-electron chi connectivity index (χ0n) is 11.5. The van der Waals surface area contributed by atoms with Crippen LogP contribution in [0.3, 0.4) is 0 Å². The maximum Gasteiger partial charge on any atom is 0.133 e. The highest BCUT2D eigenvalue weighted by Crippen LogP contribution is 2.30. The van der Waals surface area contributed by atoms with Gasteiger partial charge >= 0.3 is 0 Å². The number of thiocarbonyl (C=S) groups is 1. The largest absolute Gasteiger partial charge is 0.381 e. The summed E-state index contributed by atoms with van der Waals surface area (Å²) in [5, 5.41) is 9.91. The number of nitrogens with zero attached hydrogens (tertiary/aromatic N) is 2. The third-order valence-electron chi connectivity index (χ3n) is 3.29. The Kier molecular flexibility index (Phi) is 4.95. The molecule has 1 aliphatic rings. The second kappa shape index (κ2) is 5.83. The molecule has 0 spiro atoms. The SMILES string of the molecule is CCN(C)C1=C(N(C)CCC(C)C)C(=S)C1O. The number of hydrogen-bond acceptors (Lipinski definition) is 4. The van der Waals surface area contributed by atoms with Crippen LogP contribution in [0.15, 0.2) is 11.4 Å². The van der Waals surface area contributed by atoms with Crippen molar-refractivity contribution >= 4 is 17.1 Å². The minimum absolute atomic E-state index is 0.550. The fourth-order valence-electron chi connectivity index (χ4n) is 1.94. The molecule has 1 atom stereocenters. The van der Waals surface area contributed by atoms with Gasteiger partial charge in [-0.05, 0) is 19.3 Å². The molecule has 3 nitrogen and oxygen atoms in total. The topological polar surface area (TPSA) is 26.7 Å². The molecule has 4 heteroatoms. The lowest BCUT2D eigenvalue weighted by molar-refractivity contribution is 0.203. The lowest BCUT2D eigenvalue weighted by Crippen LogP contribution is -2.48. The molecule has 1 rings (SSSR count). The highest BCUT2D eigenvalue weighted by Gasteiger charge is 2.38. The van der Waals surface area contributed by atoms with Gasteiger partial charge in [0.2, 0.25) is 0 Å². The van der Waals surface area contributed by atoms with Gasteiger partial charge in [-0.25, -0.2) is 0 Å². The van der Waals surface area contributed by atoms with Gasteiger partial charge in [-0.1, -0.05) is 26.1 Å². The van der Waals surface area contributed by atoms with Crippen LogP contribution >= 0.6 is 12.2 Å². The van der Waals surface area contributed by atoms with Crippen molar-refractivity contribution < 1.29 is 5.11 Å². The van der Waals surface area contributed by atoms with E-state index in [-0.39, 0.29) is 0 Å². The first-order valence-corrected chi connectivity index (χ1v) is 6.69. The van der Waals surface area contributed by atoms with Crippen LogP contribution in [0.2, 0.25) is 0 Å². The Bertz CT molecular complexity index is 325. The Hall–Kier alpha value is -0.610. The summed E-state index contributed by atoms with van der Waals surface area (Å²) in [6.45, 7) is 8.38. The molecule has 0 aromatic rings. The lowest BCUT2D eigenvalue weighted by atomic mass is 9.94. The molecule has 0 aromatic carbocycles. The van der Waals surface area contributed by atoms with Crippen LogP contribution in [0.1, 0.15) is 27.2 Å². The van der Waals surface area contributed by atoms with Crippen molar-refractivity contribution in [1.82, 2.24) is 9.80 Å². The minimum Gasteiger partial charge on any atom is -0.381 e. The summed E-state index contributed by atoms with van der Waals surface area (Å²) >= 11 is 5.25. The normalized spacial score (nSPS) is 19.7. The predicted molar refractivity (Wildman–Crippen MR) is 76.0 cm³/mol. The molecule has 98 valence electrons. The van der Waals surface area contributed by atoms with Gasteiger partial charge in [0.05, 0.1) is 16.3 Å². The van der Waals surface area contributed by atoms with E-state index in [0.29, 0.717) is 10.8 Å². The van der Waals surface area contributed by atoms with Gasteiger partial charge in [-0.15, -0.1) is 0 Å². The Balaban J connectivity index is 2.78. The lowest BCUT2D eigenvalue weighted by Gasteiger charge is -2.41. The summed E-state index contributed by atoms with van der Waals surface area (Å²) in [4.78, 5) is 4.93. The first-order valence-electron chi connectivity index (χ1n) is 6.28. The molecule has 0 bridgehead atoms. The quantitative estimate of drug-likeness (QED) is 0.734. The van der Waals surface area contributed by atoms with Crippen molar-refractivity contribution in [1.29, 1.82) is 0 Å². The number of likely N-dealkylation sites (N-methyl/N-ethyl adjacent to an activating group) is 1. The van der Waals surface area contributed by atoms with Crippen LogP contribution < -0.4 is 0 Å². The van der Waals surface area contributed by atoms with E-state index in [1.54, 1.807) is 0 Å². The van der Waals surface area contributed by atoms with Gasteiger partial charge in [-0.3, -0.25) is 0 Å². The third kappa shape index (κ3) is 2.99. The highest BCUT2D eigenvalue weighted by molar-refractivity contribution is 7.81. The number of hydrogen-bond donors (Lipinski definition) is 1. The van der Waals surface area contributed by atoms with Gasteiger partial charge in [-0.2, -0.15) is 0 Å². The highest BCUT2D eigenvalue weighted by atomic mass is 32.1. The first-order chi connectivity index (χ1) is 7.90. The molecule has 0 aliphatic heterocycles. The Morgan fingerprint density at radius 2 is 1.88 bits per heavy atom. The van der Waals surface area contributed by atoms with Crippen LogP contribution in [-0.4, -0.2) is 53.1 Å². The Morgan fingerprint density at radius 1 is 1.29 bits per heavy atom. The molecule has 0 radical (unpaired) electrons. The van der Waals surface area contributed by atoms with Gasteiger partial charge < -0.3 is 14.9 Å². The number of aliphatic hydroxyl groups excluding tert-OH is 1. The van der Waals surface area contributed by atoms with E-state index in [1.165, 1.54) is 0 Å². The van der Waals surface area contributed by atoms with Crippen LogP contribution in [-0.2, 0) is 0 Å². The zero-order valence-corrected chi connectivity index (χ0v) is 12.3. The molecule has 17 heavy (non-hydrogen) atoms. The van der Waals surface area contributed by atoms with Crippen LogP contribution in [0, 0.1) is 5.92 Å². The van der Waals surface area contributed by atoms with E-state index < -0.39 is 6.10 Å². The van der Waals surface area contributed by atoms with Crippen LogP contribution in [0.5, 0.6) is 0 Å². The van der Waals surface area contributed by atoms with Crippen LogP contribution in [0.4, 0.5) is 0 Å². The predicted octanol–water partition coefficient (Wildman–Crippen LogP) is 1.87. The van der Waals surface area contributed by atoms with Gasteiger partial charge in [0.15, 0.2) is 0 Å². The monoisotopic (exact) mass is 256 g/mol. The Morgan fingerprint density at radius 3 is 2.35 bits per heavy atom. The molecular weight excluding hydrogens is 232 g/mol. The van der Waals surface area contributed by atoms with Gasteiger partial charge in [0.25, 0.3) is 0 Å². The number of rotatable bonds is 6. The molecule has 0 heterocycles. The van der Waals surface area contributed by atoms with Crippen LogP contribution in [0.25, 0.3) is 0 Å². The summed E-state index contributed by atoms with van der Waals surface area (Å²) in [6.07, 6.45) is 0.591. The maximum absolute atomic E-state index is 9.91. The molecule has 0 saturated heterocycles. The summed E-state index contributed by atoms with van der Waals surface area (Å²) in [5.41, 5.74) is 2.03. The van der Waals surface area contributed by atoms with Crippen molar-refractivity contribution in [2.75, 3.05) is 27.2 Å². The van der Waals surface area contributed by atoms with Gasteiger partial charge in [0.1, 0.15) is 6.10 Å². The smallest absolute Gasteiger partial charge is 0.133 e. The molecule has 0 aromatic heterocycles. The minimum atomic E-state index is -0.550. The van der Waals surface area contributed by atoms with Crippen molar-refractivity contribution in [2.24, 2.45) is 5.92 Å². The van der Waals surface area contributed by atoms with E-state index >= 15 is 0 Å². The molecule has 1 N–H and O–H groups in total. The molecular formula is C13H24N2OS. The number of aliphatic hydroxyl groups is 1. The fourth-order valence-corrected chi connectivity index (χ4v) is 2.31. The van der Waals surface area contributed by atoms with Gasteiger partial charge in [0, 0.05) is 27.2 Å². The molecule has 1 unspecified atom stereocenters. The fraction of sp³-hybridized carbons (Fsp3) is 0.769. The summed E-state index contributed by atoms with van der Waals surface area (Å²) < 4.78 is 0. The molecule has 0 amide bonds. The second-order valence-corrected chi connectivity index (χ2v) is 5.56.